The lowest BCUT2D eigenvalue weighted by molar-refractivity contribution is -0.119. The fraction of sp³-hybridized carbons (Fsp3) is 0.400. The Balaban J connectivity index is 3.18. The number of carbonyl (C=O) groups is 3. The number of nitrogens with zero attached hydrogens (tertiary/aromatic N) is 1. The molecule has 0 unspecified atom stereocenters. The minimum absolute atomic E-state index is 0.101. The van der Waals surface area contributed by atoms with Crippen molar-refractivity contribution in [3.63, 3.8) is 0 Å². The first-order valence-corrected chi connectivity index (χ1v) is 6.91. The number of aldehydes is 1. The predicted octanol–water partition coefficient (Wildman–Crippen LogP) is 2.22. The Morgan fingerprint density at radius 2 is 1.77 bits per heavy atom. The Morgan fingerprint density at radius 1 is 1.18 bits per heavy atom. The fourth-order valence-corrected chi connectivity index (χ4v) is 1.82. The van der Waals surface area contributed by atoms with Gasteiger partial charge >= 0.3 is 12.2 Å². The topological polar surface area (TPSA) is 84.9 Å². The van der Waals surface area contributed by atoms with E-state index in [1.807, 2.05) is 0 Å². The van der Waals surface area contributed by atoms with Gasteiger partial charge in [0.1, 0.15) is 5.54 Å². The summed E-state index contributed by atoms with van der Waals surface area (Å²) in [6.45, 7) is 4.99. The van der Waals surface area contributed by atoms with Crippen LogP contribution >= 0.6 is 0 Å². The monoisotopic (exact) mass is 308 g/mol. The van der Waals surface area contributed by atoms with Crippen molar-refractivity contribution < 1.29 is 23.9 Å². The van der Waals surface area contributed by atoms with Crippen LogP contribution < -0.4 is 5.43 Å². The molecule has 22 heavy (non-hydrogen) atoms. The summed E-state index contributed by atoms with van der Waals surface area (Å²) in [7, 11) is 0. The van der Waals surface area contributed by atoms with E-state index in [0.717, 1.165) is 5.01 Å². The third-order valence-electron chi connectivity index (χ3n) is 2.98. The second-order valence-electron chi connectivity index (χ2n) is 4.50. The van der Waals surface area contributed by atoms with Gasteiger partial charge in [-0.2, -0.15) is 5.01 Å². The van der Waals surface area contributed by atoms with E-state index < -0.39 is 17.7 Å². The molecule has 1 atom stereocenters. The SMILES string of the molecule is CCOC(=O)NN(C(=O)OCC)[C@](C)(C=O)c1ccccc1. The Morgan fingerprint density at radius 3 is 2.27 bits per heavy atom. The van der Waals surface area contributed by atoms with E-state index >= 15 is 0 Å². The summed E-state index contributed by atoms with van der Waals surface area (Å²) in [5.74, 6) is 0. The molecule has 1 aromatic rings. The van der Waals surface area contributed by atoms with Crippen molar-refractivity contribution in [2.75, 3.05) is 13.2 Å². The van der Waals surface area contributed by atoms with Gasteiger partial charge in [-0.1, -0.05) is 30.3 Å². The van der Waals surface area contributed by atoms with Crippen molar-refractivity contribution in [2.24, 2.45) is 0 Å². The Labute approximate surface area is 129 Å². The van der Waals surface area contributed by atoms with E-state index in [1.54, 1.807) is 44.2 Å². The highest BCUT2D eigenvalue weighted by molar-refractivity contribution is 5.80. The van der Waals surface area contributed by atoms with Gasteiger partial charge in [-0.25, -0.2) is 15.0 Å². The Hall–Kier alpha value is -2.57. The summed E-state index contributed by atoms with van der Waals surface area (Å²) in [6, 6.07) is 8.58. The van der Waals surface area contributed by atoms with Gasteiger partial charge in [0.2, 0.25) is 0 Å². The Bertz CT molecular complexity index is 520. The highest BCUT2D eigenvalue weighted by Gasteiger charge is 2.40. The van der Waals surface area contributed by atoms with Crippen molar-refractivity contribution in [1.82, 2.24) is 10.4 Å². The third-order valence-corrected chi connectivity index (χ3v) is 2.98. The number of amides is 2. The molecule has 1 aromatic carbocycles. The van der Waals surface area contributed by atoms with Crippen LogP contribution in [0.3, 0.4) is 0 Å². The zero-order valence-corrected chi connectivity index (χ0v) is 12.9. The van der Waals surface area contributed by atoms with Crippen molar-refractivity contribution in [1.29, 1.82) is 0 Å². The smallest absolute Gasteiger partial charge is 0.430 e. The molecule has 120 valence electrons. The molecule has 0 heterocycles. The van der Waals surface area contributed by atoms with Crippen LogP contribution in [0.1, 0.15) is 26.3 Å². The summed E-state index contributed by atoms with van der Waals surface area (Å²) in [6.07, 6.45) is -1.14. The van der Waals surface area contributed by atoms with Crippen LogP contribution in [0.5, 0.6) is 0 Å². The number of hydrogen-bond acceptors (Lipinski definition) is 5. The molecule has 0 fully saturated rings. The van der Waals surface area contributed by atoms with Crippen LogP contribution in [0.2, 0.25) is 0 Å². The van der Waals surface area contributed by atoms with Gasteiger partial charge in [0.15, 0.2) is 6.29 Å². The van der Waals surface area contributed by atoms with E-state index in [0.29, 0.717) is 11.8 Å². The first-order chi connectivity index (χ1) is 10.5. The summed E-state index contributed by atoms with van der Waals surface area (Å²) in [5.41, 5.74) is 1.35. The van der Waals surface area contributed by atoms with Crippen LogP contribution in [0.4, 0.5) is 9.59 Å². The van der Waals surface area contributed by atoms with Crippen LogP contribution in [-0.4, -0.2) is 36.7 Å². The number of ether oxygens (including phenoxy) is 2. The molecule has 0 aliphatic carbocycles. The maximum absolute atomic E-state index is 12.1. The van der Waals surface area contributed by atoms with Gasteiger partial charge in [0.05, 0.1) is 13.2 Å². The minimum Gasteiger partial charge on any atom is -0.449 e. The molecule has 0 bridgehead atoms. The van der Waals surface area contributed by atoms with E-state index in [4.69, 9.17) is 9.47 Å². The van der Waals surface area contributed by atoms with Crippen molar-refractivity contribution in [2.45, 2.75) is 26.3 Å². The summed E-state index contributed by atoms with van der Waals surface area (Å²) in [4.78, 5) is 35.5. The molecule has 0 aliphatic heterocycles. The highest BCUT2D eigenvalue weighted by atomic mass is 16.6. The van der Waals surface area contributed by atoms with Gasteiger partial charge in [0, 0.05) is 0 Å². The van der Waals surface area contributed by atoms with Gasteiger partial charge < -0.3 is 14.3 Å². The van der Waals surface area contributed by atoms with Crippen molar-refractivity contribution in [3.8, 4) is 0 Å². The van der Waals surface area contributed by atoms with Gasteiger partial charge in [0.25, 0.3) is 0 Å². The van der Waals surface area contributed by atoms with E-state index in [2.05, 4.69) is 5.43 Å². The number of rotatable bonds is 5. The number of hydrogen-bond donors (Lipinski definition) is 1. The van der Waals surface area contributed by atoms with E-state index in [9.17, 15) is 14.4 Å². The highest BCUT2D eigenvalue weighted by Crippen LogP contribution is 2.25. The summed E-state index contributed by atoms with van der Waals surface area (Å²) in [5, 5.41) is 0.830. The lowest BCUT2D eigenvalue weighted by atomic mass is 9.93. The molecule has 2 amide bonds. The maximum atomic E-state index is 12.1. The number of carbonyl (C=O) groups excluding carboxylic acids is 3. The largest absolute Gasteiger partial charge is 0.449 e. The molecule has 0 aliphatic rings. The number of hydrazine groups is 1. The molecule has 0 saturated carbocycles. The zero-order valence-electron chi connectivity index (χ0n) is 12.9. The van der Waals surface area contributed by atoms with Crippen molar-refractivity contribution in [3.05, 3.63) is 35.9 Å². The number of benzene rings is 1. The quantitative estimate of drug-likeness (QED) is 0.666. The average Bonchev–Trinajstić information content (AvgIpc) is 2.53. The standard InChI is InChI=1S/C15H20N2O5/c1-4-21-13(19)16-17(14(20)22-5-2)15(3,11-18)12-9-7-6-8-10-12/h6-11H,4-5H2,1-3H3,(H,16,19)/t15-/m1/s1. The summed E-state index contributed by atoms with van der Waals surface area (Å²) < 4.78 is 9.67. The zero-order chi connectivity index (χ0) is 16.6. The first kappa shape index (κ1) is 17.5. The van der Waals surface area contributed by atoms with Gasteiger partial charge in [-0.3, -0.25) is 0 Å². The molecule has 0 radical (unpaired) electrons. The molecule has 1 rings (SSSR count). The third kappa shape index (κ3) is 3.97. The van der Waals surface area contributed by atoms with Crippen LogP contribution in [0, 0.1) is 0 Å². The molecular formula is C15H20N2O5. The Kier molecular flexibility index (Phi) is 6.37. The van der Waals surface area contributed by atoms with Crippen LogP contribution in [-0.2, 0) is 19.8 Å². The maximum Gasteiger partial charge on any atom is 0.430 e. The average molecular weight is 308 g/mol. The molecule has 7 nitrogen and oxygen atoms in total. The first-order valence-electron chi connectivity index (χ1n) is 6.91. The molecule has 7 heteroatoms. The molecule has 0 saturated heterocycles. The van der Waals surface area contributed by atoms with Crippen LogP contribution in [0.25, 0.3) is 0 Å². The second-order valence-corrected chi connectivity index (χ2v) is 4.50. The number of nitrogens with one attached hydrogen (secondary N) is 1. The fourth-order valence-electron chi connectivity index (χ4n) is 1.82. The van der Waals surface area contributed by atoms with Crippen molar-refractivity contribution >= 4 is 18.5 Å². The lowest BCUT2D eigenvalue weighted by Gasteiger charge is -2.35. The van der Waals surface area contributed by atoms with E-state index in [1.165, 1.54) is 6.92 Å². The molecule has 0 spiro atoms. The molecule has 1 N–H and O–H groups in total. The second kappa shape index (κ2) is 8.02. The lowest BCUT2D eigenvalue weighted by Crippen LogP contribution is -2.58. The summed E-state index contributed by atoms with van der Waals surface area (Å²) >= 11 is 0. The van der Waals surface area contributed by atoms with E-state index in [-0.39, 0.29) is 13.2 Å². The predicted molar refractivity (Wildman–Crippen MR) is 78.9 cm³/mol. The normalized spacial score (nSPS) is 12.7. The van der Waals surface area contributed by atoms with Gasteiger partial charge in [-0.05, 0) is 26.3 Å². The van der Waals surface area contributed by atoms with Crippen LogP contribution in [0.15, 0.2) is 30.3 Å². The minimum atomic E-state index is -1.43. The molecular weight excluding hydrogens is 288 g/mol. The van der Waals surface area contributed by atoms with Gasteiger partial charge in [-0.15, -0.1) is 0 Å². The molecule has 0 aromatic heterocycles.